The van der Waals surface area contributed by atoms with Crippen molar-refractivity contribution in [2.75, 3.05) is 20.8 Å². The van der Waals surface area contributed by atoms with E-state index in [0.717, 1.165) is 18.6 Å². The molecule has 0 atom stereocenters. The molecule has 0 aliphatic carbocycles. The van der Waals surface area contributed by atoms with Crippen LogP contribution in [0.5, 0.6) is 28.7 Å². The van der Waals surface area contributed by atoms with Crippen molar-refractivity contribution < 1.29 is 28.8 Å². The minimum absolute atomic E-state index is 0.0800. The molecule has 9 heteroatoms. The maximum atomic E-state index is 12.7. The number of hydrogen-bond acceptors (Lipinski definition) is 9. The molecule has 0 bridgehead atoms. The topological polar surface area (TPSA) is 111 Å². The number of ether oxygens (including phenoxy) is 4. The second kappa shape index (κ2) is 17.2. The molecule has 0 saturated heterocycles. The van der Waals surface area contributed by atoms with Crippen molar-refractivity contribution >= 4 is 29.2 Å². The SMILES string of the molecule is CCCCCCCCOc1ccc(C(=O)Oc2ccc(N=Nc3ccc(N=Cc4ccc(OC)cc4O)cc3)c(OC)c2)cc1. The Labute approximate surface area is 264 Å². The molecular weight excluding hydrogens is 570 g/mol. The number of methoxy groups -OCH3 is 2. The summed E-state index contributed by atoms with van der Waals surface area (Å²) in [5.74, 6) is 1.62. The standard InChI is InChI=1S/C36H39N3O6/c1-4-5-6-7-8-9-22-44-30-17-10-26(11-18-30)36(41)45-32-20-21-33(35(24-32)43-3)39-38-29-15-13-28(14-16-29)37-25-27-12-19-31(42-2)23-34(27)40/h10-21,23-25,40H,4-9,22H2,1-3H3. The van der Waals surface area contributed by atoms with Crippen LogP contribution in [0, 0.1) is 0 Å². The van der Waals surface area contributed by atoms with Gasteiger partial charge in [-0.1, -0.05) is 39.0 Å². The Morgan fingerprint density at radius 2 is 1.42 bits per heavy atom. The third-order valence-electron chi connectivity index (χ3n) is 6.93. The molecule has 1 N–H and O–H groups in total. The number of aliphatic imine (C=N–C) groups is 1. The number of azo groups is 1. The number of nitrogens with zero attached hydrogens (tertiary/aromatic N) is 3. The molecule has 9 nitrogen and oxygen atoms in total. The molecular formula is C36H39N3O6. The minimum atomic E-state index is -0.487. The highest BCUT2D eigenvalue weighted by atomic mass is 16.5. The van der Waals surface area contributed by atoms with E-state index in [1.807, 2.05) is 0 Å². The van der Waals surface area contributed by atoms with Crippen molar-refractivity contribution in [3.05, 3.63) is 96.1 Å². The van der Waals surface area contributed by atoms with Gasteiger partial charge in [0.25, 0.3) is 0 Å². The van der Waals surface area contributed by atoms with Crippen molar-refractivity contribution in [3.8, 4) is 28.7 Å². The molecule has 0 spiro atoms. The van der Waals surface area contributed by atoms with Crippen LogP contribution in [0.3, 0.4) is 0 Å². The fourth-order valence-corrected chi connectivity index (χ4v) is 4.35. The van der Waals surface area contributed by atoms with Gasteiger partial charge in [0.05, 0.1) is 37.8 Å². The van der Waals surface area contributed by atoms with Crippen molar-refractivity contribution in [2.45, 2.75) is 45.4 Å². The second-order valence-electron chi connectivity index (χ2n) is 10.3. The summed E-state index contributed by atoms with van der Waals surface area (Å²) in [6, 6.07) is 24.0. The number of aromatic hydroxyl groups is 1. The number of esters is 1. The first-order valence-electron chi connectivity index (χ1n) is 15.0. The van der Waals surface area contributed by atoms with Crippen molar-refractivity contribution in [3.63, 3.8) is 0 Å². The van der Waals surface area contributed by atoms with E-state index in [1.165, 1.54) is 38.9 Å². The second-order valence-corrected chi connectivity index (χ2v) is 10.3. The highest BCUT2D eigenvalue weighted by molar-refractivity contribution is 5.91. The lowest BCUT2D eigenvalue weighted by atomic mass is 10.1. The smallest absolute Gasteiger partial charge is 0.343 e. The number of rotatable bonds is 16. The third-order valence-corrected chi connectivity index (χ3v) is 6.93. The molecule has 234 valence electrons. The number of benzene rings is 4. The summed E-state index contributed by atoms with van der Waals surface area (Å²) in [4.78, 5) is 17.1. The summed E-state index contributed by atoms with van der Waals surface area (Å²) in [5, 5.41) is 18.7. The molecule has 4 rings (SSSR count). The summed E-state index contributed by atoms with van der Waals surface area (Å²) >= 11 is 0. The van der Waals surface area contributed by atoms with E-state index in [9.17, 15) is 9.90 Å². The van der Waals surface area contributed by atoms with Crippen molar-refractivity contribution in [1.82, 2.24) is 0 Å². The van der Waals surface area contributed by atoms with Crippen LogP contribution in [0.4, 0.5) is 17.1 Å². The number of unbranched alkanes of at least 4 members (excludes halogenated alkanes) is 5. The highest BCUT2D eigenvalue weighted by Gasteiger charge is 2.12. The molecule has 4 aromatic rings. The number of phenolic OH excluding ortho intramolecular Hbond substituents is 1. The van der Waals surface area contributed by atoms with E-state index >= 15 is 0 Å². The summed E-state index contributed by atoms with van der Waals surface area (Å²) < 4.78 is 21.9. The van der Waals surface area contributed by atoms with E-state index < -0.39 is 5.97 Å². The molecule has 45 heavy (non-hydrogen) atoms. The van der Waals surface area contributed by atoms with Gasteiger partial charge in [0.2, 0.25) is 0 Å². The van der Waals surface area contributed by atoms with Gasteiger partial charge in [0.1, 0.15) is 34.4 Å². The lowest BCUT2D eigenvalue weighted by Crippen LogP contribution is -2.08. The number of hydrogen-bond donors (Lipinski definition) is 1. The quantitative estimate of drug-likeness (QED) is 0.0445. The number of carbonyl (C=O) groups is 1. The molecule has 0 aliphatic heterocycles. The summed E-state index contributed by atoms with van der Waals surface area (Å²) in [6.07, 6.45) is 8.80. The Hall–Kier alpha value is -5.18. The first kappa shape index (κ1) is 32.7. The Kier molecular flexibility index (Phi) is 12.5. The molecule has 0 unspecified atom stereocenters. The Bertz CT molecular complexity index is 1580. The van der Waals surface area contributed by atoms with Gasteiger partial charge in [-0.2, -0.15) is 5.11 Å². The van der Waals surface area contributed by atoms with Crippen LogP contribution in [0.15, 0.2) is 100 Å². The molecule has 0 aliphatic rings. The van der Waals surface area contributed by atoms with Crippen LogP contribution in [-0.2, 0) is 0 Å². The maximum Gasteiger partial charge on any atom is 0.343 e. The first-order valence-corrected chi connectivity index (χ1v) is 15.0. The average Bonchev–Trinajstić information content (AvgIpc) is 3.07. The summed E-state index contributed by atoms with van der Waals surface area (Å²) in [7, 11) is 3.05. The van der Waals surface area contributed by atoms with Gasteiger partial charge >= 0.3 is 5.97 Å². The minimum Gasteiger partial charge on any atom is -0.507 e. The van der Waals surface area contributed by atoms with E-state index in [2.05, 4.69) is 22.1 Å². The summed E-state index contributed by atoms with van der Waals surface area (Å²) in [5.41, 5.74) is 2.75. The van der Waals surface area contributed by atoms with E-state index in [-0.39, 0.29) is 5.75 Å². The molecule has 0 radical (unpaired) electrons. The monoisotopic (exact) mass is 609 g/mol. The lowest BCUT2D eigenvalue weighted by Gasteiger charge is -2.09. The van der Waals surface area contributed by atoms with Gasteiger partial charge in [-0.25, -0.2) is 4.79 Å². The van der Waals surface area contributed by atoms with Crippen LogP contribution in [0.25, 0.3) is 0 Å². The predicted octanol–water partition coefficient (Wildman–Crippen LogP) is 9.53. The van der Waals surface area contributed by atoms with Gasteiger partial charge in [0.15, 0.2) is 0 Å². The molecule has 0 fully saturated rings. The van der Waals surface area contributed by atoms with E-state index in [1.54, 1.807) is 92.2 Å². The maximum absolute atomic E-state index is 12.7. The predicted molar refractivity (Wildman–Crippen MR) is 176 cm³/mol. The molecule has 0 heterocycles. The van der Waals surface area contributed by atoms with Crippen molar-refractivity contribution in [2.24, 2.45) is 15.2 Å². The van der Waals surface area contributed by atoms with Crippen LogP contribution in [-0.4, -0.2) is 38.1 Å². The molecule has 0 aromatic heterocycles. The van der Waals surface area contributed by atoms with E-state index in [4.69, 9.17) is 18.9 Å². The molecule has 0 amide bonds. The Morgan fingerprint density at radius 3 is 2.13 bits per heavy atom. The number of carbonyl (C=O) groups excluding carboxylic acids is 1. The van der Waals surface area contributed by atoms with Crippen LogP contribution in [0.1, 0.15) is 61.4 Å². The Balaban J connectivity index is 1.30. The van der Waals surface area contributed by atoms with Crippen LogP contribution < -0.4 is 18.9 Å². The third kappa shape index (κ3) is 10.2. The zero-order chi connectivity index (χ0) is 31.9. The van der Waals surface area contributed by atoms with Gasteiger partial charge in [0, 0.05) is 23.9 Å². The van der Waals surface area contributed by atoms with E-state index in [0.29, 0.717) is 52.0 Å². The number of phenols is 1. The van der Waals surface area contributed by atoms with Gasteiger partial charge in [-0.15, -0.1) is 5.11 Å². The molecule has 0 saturated carbocycles. The fraction of sp³-hybridized carbons (Fsp3) is 0.278. The zero-order valence-electron chi connectivity index (χ0n) is 25.9. The average molecular weight is 610 g/mol. The normalized spacial score (nSPS) is 11.2. The van der Waals surface area contributed by atoms with Gasteiger partial charge in [-0.3, -0.25) is 4.99 Å². The Morgan fingerprint density at radius 1 is 0.733 bits per heavy atom. The first-order chi connectivity index (χ1) is 22.0. The van der Waals surface area contributed by atoms with Crippen LogP contribution >= 0.6 is 0 Å². The van der Waals surface area contributed by atoms with Crippen molar-refractivity contribution in [1.29, 1.82) is 0 Å². The summed E-state index contributed by atoms with van der Waals surface area (Å²) in [6.45, 7) is 2.88. The fourth-order valence-electron chi connectivity index (χ4n) is 4.35. The molecule has 4 aromatic carbocycles. The van der Waals surface area contributed by atoms with Gasteiger partial charge < -0.3 is 24.1 Å². The van der Waals surface area contributed by atoms with Crippen LogP contribution in [0.2, 0.25) is 0 Å². The largest absolute Gasteiger partial charge is 0.507 e. The zero-order valence-corrected chi connectivity index (χ0v) is 25.9. The van der Waals surface area contributed by atoms with Gasteiger partial charge in [-0.05, 0) is 79.2 Å². The lowest BCUT2D eigenvalue weighted by molar-refractivity contribution is 0.0734. The highest BCUT2D eigenvalue weighted by Crippen LogP contribution is 2.33.